The van der Waals surface area contributed by atoms with Crippen molar-refractivity contribution in [1.82, 2.24) is 20.6 Å². The molecule has 13 N–H and O–H groups in total. The van der Waals surface area contributed by atoms with Crippen LogP contribution in [-0.4, -0.2) is 116 Å². The standard InChI is InChI=1S/C5H6N2O4.C5H4N2O4.C5H13O14P3/c2*8-3-1-2(4(9)10)6-5(11)7-3;6-1-2-3(7)4(8)5(16-2)17-21(12,13)19-22(14,15)18-20(9,10)11/h2H,1H2,(H,9,10)(H2,6,7,8,11);1H,(H,9,10)(H2,6,7,8,11);2-8H,1H2,(H,12,13)(H,14,15)(H2,9,10,11)/t;;2-,3-,4-,5?/m..1/s1. The highest BCUT2D eigenvalue weighted by molar-refractivity contribution is 7.66. The van der Waals surface area contributed by atoms with E-state index in [-0.39, 0.29) is 6.42 Å². The van der Waals surface area contributed by atoms with Crippen LogP contribution in [0.15, 0.2) is 15.7 Å². The molecular weight excluding hydrogens is 681 g/mol. The lowest BCUT2D eigenvalue weighted by atomic mass is 10.1. The number of carboxylic acids is 2. The van der Waals surface area contributed by atoms with Crippen LogP contribution in [0.25, 0.3) is 0 Å². The number of amides is 3. The molecule has 2 saturated heterocycles. The second-order valence-corrected chi connectivity index (χ2v) is 12.2. The molecule has 29 heteroatoms. The predicted octanol–water partition coefficient (Wildman–Crippen LogP) is -4.80. The molecule has 44 heavy (non-hydrogen) atoms. The maximum Gasteiger partial charge on any atom is 0.490 e. The number of aromatic carboxylic acids is 1. The number of hydrogen-bond donors (Lipinski definition) is 13. The zero-order chi connectivity index (χ0) is 34.2. The van der Waals surface area contributed by atoms with Gasteiger partial charge in [0.25, 0.3) is 5.56 Å². The summed E-state index contributed by atoms with van der Waals surface area (Å²) >= 11 is 0. The van der Waals surface area contributed by atoms with E-state index >= 15 is 0 Å². The van der Waals surface area contributed by atoms with E-state index in [0.717, 1.165) is 6.07 Å². The molecule has 0 bridgehead atoms. The van der Waals surface area contributed by atoms with E-state index in [0.29, 0.717) is 0 Å². The molecule has 4 unspecified atom stereocenters. The normalized spacial score (nSPS) is 25.8. The molecule has 1 aromatic rings. The van der Waals surface area contributed by atoms with Crippen molar-refractivity contribution in [2.75, 3.05) is 6.61 Å². The summed E-state index contributed by atoms with van der Waals surface area (Å²) in [7, 11) is -16.7. The second-order valence-electron chi connectivity index (χ2n) is 7.83. The van der Waals surface area contributed by atoms with E-state index in [2.05, 4.69) is 23.2 Å². The summed E-state index contributed by atoms with van der Waals surface area (Å²) in [5.41, 5.74) is -1.97. The molecule has 0 aliphatic carbocycles. The minimum absolute atomic E-state index is 0.207. The van der Waals surface area contributed by atoms with Gasteiger partial charge < -0.3 is 60.1 Å². The van der Waals surface area contributed by atoms with E-state index in [4.69, 9.17) is 30.0 Å². The third-order valence-corrected chi connectivity index (χ3v) is 8.19. The minimum atomic E-state index is -5.70. The molecule has 3 rings (SSSR count). The minimum Gasteiger partial charge on any atom is -0.480 e. The van der Waals surface area contributed by atoms with Crippen molar-refractivity contribution in [2.45, 2.75) is 37.1 Å². The van der Waals surface area contributed by atoms with Gasteiger partial charge in [-0.1, -0.05) is 0 Å². The Hall–Kier alpha value is -3.19. The number of phosphoric ester groups is 1. The van der Waals surface area contributed by atoms with Crippen molar-refractivity contribution in [3.8, 4) is 0 Å². The van der Waals surface area contributed by atoms with Gasteiger partial charge in [0.15, 0.2) is 6.29 Å². The highest BCUT2D eigenvalue weighted by atomic mass is 31.3. The molecule has 2 aliphatic rings. The number of aromatic nitrogens is 2. The Kier molecular flexibility index (Phi) is 13.9. The van der Waals surface area contributed by atoms with Crippen LogP contribution in [0.5, 0.6) is 0 Å². The van der Waals surface area contributed by atoms with Crippen molar-refractivity contribution in [3.05, 3.63) is 32.6 Å². The fraction of sp³-hybridized carbons (Fsp3) is 0.467. The van der Waals surface area contributed by atoms with Crippen LogP contribution < -0.4 is 21.9 Å². The highest BCUT2D eigenvalue weighted by Crippen LogP contribution is 2.66. The number of urea groups is 1. The Balaban J connectivity index is 0.000000367. The number of imide groups is 1. The van der Waals surface area contributed by atoms with E-state index in [1.54, 1.807) is 0 Å². The average molecular weight is 704 g/mol. The summed E-state index contributed by atoms with van der Waals surface area (Å²) in [6.07, 6.45) is -7.21. The first kappa shape index (κ1) is 38.8. The molecule has 0 aromatic carbocycles. The number of nitrogens with one attached hydrogen (secondary N) is 4. The fourth-order valence-corrected chi connectivity index (χ4v) is 5.82. The van der Waals surface area contributed by atoms with E-state index in [1.165, 1.54) is 0 Å². The van der Waals surface area contributed by atoms with Gasteiger partial charge >= 0.3 is 47.1 Å². The van der Waals surface area contributed by atoms with Crippen LogP contribution in [0.2, 0.25) is 0 Å². The van der Waals surface area contributed by atoms with Crippen LogP contribution in [0.1, 0.15) is 16.9 Å². The molecule has 0 radical (unpaired) electrons. The number of hydrogen-bond acceptors (Lipinski definition) is 16. The summed E-state index contributed by atoms with van der Waals surface area (Å²) in [4.78, 5) is 101. The Morgan fingerprint density at radius 2 is 1.52 bits per heavy atom. The van der Waals surface area contributed by atoms with Gasteiger partial charge in [-0.15, -0.1) is 0 Å². The summed E-state index contributed by atoms with van der Waals surface area (Å²) in [5.74, 6) is -3.11. The summed E-state index contributed by atoms with van der Waals surface area (Å²) < 4.78 is 48.5. The van der Waals surface area contributed by atoms with Crippen LogP contribution in [0.4, 0.5) is 4.79 Å². The van der Waals surface area contributed by atoms with Gasteiger partial charge in [-0.3, -0.25) is 24.4 Å². The molecule has 3 amide bonds. The van der Waals surface area contributed by atoms with Gasteiger partial charge in [0.1, 0.15) is 30.0 Å². The van der Waals surface area contributed by atoms with Gasteiger partial charge in [0, 0.05) is 6.07 Å². The lowest BCUT2D eigenvalue weighted by molar-refractivity contribution is -0.141. The molecule has 2 fully saturated rings. The zero-order valence-electron chi connectivity index (χ0n) is 21.1. The van der Waals surface area contributed by atoms with Crippen LogP contribution >= 0.6 is 23.5 Å². The largest absolute Gasteiger partial charge is 0.490 e. The fourth-order valence-electron chi connectivity index (χ4n) is 2.72. The van der Waals surface area contributed by atoms with Crippen LogP contribution in [0.3, 0.4) is 0 Å². The quantitative estimate of drug-likeness (QED) is 0.107. The lowest BCUT2D eigenvalue weighted by Crippen LogP contribution is -2.55. The second kappa shape index (κ2) is 15.7. The molecule has 3 heterocycles. The van der Waals surface area contributed by atoms with Crippen molar-refractivity contribution in [1.29, 1.82) is 0 Å². The predicted molar refractivity (Wildman–Crippen MR) is 130 cm³/mol. The number of phosphoric acid groups is 3. The SMILES string of the molecule is O=C(O)c1cc(=O)[nH]c(=O)[nH]1.O=C1CC(C(=O)O)NC(=O)N1.O=P(O)(O)OP(=O)(O)OP(=O)(O)OC1O[C@H](CO)[C@@H](O)[C@H]1O. The summed E-state index contributed by atoms with van der Waals surface area (Å²) in [6.45, 7) is -0.783. The number of aliphatic hydroxyl groups is 3. The Bertz CT molecular complexity index is 1440. The number of aliphatic carboxylic acids is 1. The zero-order valence-corrected chi connectivity index (χ0v) is 23.7. The Labute approximate surface area is 240 Å². The first-order chi connectivity index (χ1) is 19.9. The van der Waals surface area contributed by atoms with Crippen molar-refractivity contribution < 1.29 is 95.9 Å². The van der Waals surface area contributed by atoms with Gasteiger partial charge in [-0.05, 0) is 0 Å². The average Bonchev–Trinajstić information content (AvgIpc) is 3.08. The van der Waals surface area contributed by atoms with Crippen molar-refractivity contribution in [2.24, 2.45) is 0 Å². The first-order valence-corrected chi connectivity index (χ1v) is 15.3. The van der Waals surface area contributed by atoms with Crippen LogP contribution in [-0.2, 0) is 41.2 Å². The molecule has 1 aromatic heterocycles. The monoisotopic (exact) mass is 704 g/mol. The number of H-pyrrole nitrogens is 2. The maximum atomic E-state index is 11.4. The third-order valence-electron chi connectivity index (χ3n) is 4.39. The molecule has 0 saturated carbocycles. The van der Waals surface area contributed by atoms with E-state index < -0.39 is 102 Å². The number of aromatic amines is 2. The third kappa shape index (κ3) is 13.6. The molecule has 0 spiro atoms. The van der Waals surface area contributed by atoms with Gasteiger partial charge in [0.05, 0.1) is 13.0 Å². The maximum absolute atomic E-state index is 11.4. The van der Waals surface area contributed by atoms with Crippen molar-refractivity contribution >= 4 is 47.3 Å². The number of aliphatic hydroxyl groups excluding tert-OH is 3. The molecule has 7 atom stereocenters. The highest BCUT2D eigenvalue weighted by Gasteiger charge is 2.49. The number of carbonyl (C=O) groups excluding carboxylic acids is 2. The summed E-state index contributed by atoms with van der Waals surface area (Å²) in [5, 5.41) is 48.2. The topological polar surface area (TPSA) is 428 Å². The van der Waals surface area contributed by atoms with Crippen LogP contribution in [0, 0.1) is 0 Å². The molecule has 26 nitrogen and oxygen atoms in total. The van der Waals surface area contributed by atoms with Gasteiger partial charge in [-0.25, -0.2) is 32.9 Å². The molecular formula is C15H23N4O22P3. The number of ether oxygens (including phenoxy) is 1. The van der Waals surface area contributed by atoms with Gasteiger partial charge in [0.2, 0.25) is 5.91 Å². The first-order valence-electron chi connectivity index (χ1n) is 10.8. The summed E-state index contributed by atoms with van der Waals surface area (Å²) in [6, 6.07) is -1.05. The van der Waals surface area contributed by atoms with Gasteiger partial charge in [-0.2, -0.15) is 8.62 Å². The van der Waals surface area contributed by atoms with E-state index in [9.17, 15) is 57.6 Å². The lowest BCUT2D eigenvalue weighted by Gasteiger charge is -2.20. The van der Waals surface area contributed by atoms with E-state index in [1.807, 2.05) is 15.3 Å². The number of carbonyl (C=O) groups is 4. The van der Waals surface area contributed by atoms with Crippen molar-refractivity contribution in [3.63, 3.8) is 0 Å². The Morgan fingerprint density at radius 3 is 1.95 bits per heavy atom. The molecule has 2 aliphatic heterocycles. The smallest absolute Gasteiger partial charge is 0.480 e. The Morgan fingerprint density at radius 1 is 0.932 bits per heavy atom. The molecule has 250 valence electrons. The number of carboxylic acid groups (broad SMARTS) is 2. The number of rotatable bonds is 9.